The summed E-state index contributed by atoms with van der Waals surface area (Å²) < 4.78 is 10.5. The standard InChI is InChI=1S/C19H14N2O4/c1-12(22)21-16-5-2-13(3-6-16)8-15(10-20)19(23)14-4-7-17-18(9-14)25-11-24-17/h2-9H,11H2,1H3,(H,21,22)/b15-8+. The van der Waals surface area contributed by atoms with Crippen LogP contribution in [0.25, 0.3) is 6.08 Å². The number of hydrogen-bond acceptors (Lipinski definition) is 5. The maximum Gasteiger partial charge on any atom is 0.231 e. The molecule has 0 unspecified atom stereocenters. The number of nitrogens with one attached hydrogen (secondary N) is 1. The van der Waals surface area contributed by atoms with Gasteiger partial charge in [-0.25, -0.2) is 0 Å². The highest BCUT2D eigenvalue weighted by atomic mass is 16.7. The summed E-state index contributed by atoms with van der Waals surface area (Å²) in [7, 11) is 0. The van der Waals surface area contributed by atoms with E-state index in [0.717, 1.165) is 0 Å². The Morgan fingerprint density at radius 1 is 1.12 bits per heavy atom. The molecule has 0 fully saturated rings. The number of ether oxygens (including phenoxy) is 2. The number of carbonyl (C=O) groups excluding carboxylic acids is 2. The van der Waals surface area contributed by atoms with Gasteiger partial charge in [-0.2, -0.15) is 5.26 Å². The quantitative estimate of drug-likeness (QED) is 0.527. The van der Waals surface area contributed by atoms with Crippen molar-refractivity contribution >= 4 is 23.5 Å². The summed E-state index contributed by atoms with van der Waals surface area (Å²) in [6.07, 6.45) is 1.50. The molecule has 0 bridgehead atoms. The molecule has 1 amide bonds. The van der Waals surface area contributed by atoms with E-state index in [1.54, 1.807) is 42.5 Å². The first-order valence-corrected chi connectivity index (χ1v) is 7.50. The Morgan fingerprint density at radius 2 is 1.84 bits per heavy atom. The molecule has 6 heteroatoms. The summed E-state index contributed by atoms with van der Waals surface area (Å²) >= 11 is 0. The number of allylic oxidation sites excluding steroid dienone is 1. The first-order valence-electron chi connectivity index (χ1n) is 7.50. The van der Waals surface area contributed by atoms with Crippen molar-refractivity contribution in [2.45, 2.75) is 6.92 Å². The minimum atomic E-state index is -0.397. The third-order valence-corrected chi connectivity index (χ3v) is 3.54. The van der Waals surface area contributed by atoms with Crippen molar-refractivity contribution in [1.29, 1.82) is 5.26 Å². The Balaban J connectivity index is 1.84. The van der Waals surface area contributed by atoms with Crippen LogP contribution in [0.1, 0.15) is 22.8 Å². The third kappa shape index (κ3) is 3.67. The maximum atomic E-state index is 12.5. The lowest BCUT2D eigenvalue weighted by molar-refractivity contribution is -0.114. The number of Topliss-reactive ketones (excluding diaryl/α,β-unsaturated/α-hetero) is 1. The lowest BCUT2D eigenvalue weighted by Gasteiger charge is -2.04. The largest absolute Gasteiger partial charge is 0.454 e. The zero-order chi connectivity index (χ0) is 17.8. The number of amides is 1. The van der Waals surface area contributed by atoms with Crippen molar-refractivity contribution < 1.29 is 19.1 Å². The van der Waals surface area contributed by atoms with E-state index >= 15 is 0 Å². The van der Waals surface area contributed by atoms with Gasteiger partial charge < -0.3 is 14.8 Å². The second-order valence-electron chi connectivity index (χ2n) is 5.37. The molecule has 0 radical (unpaired) electrons. The molecule has 0 aromatic heterocycles. The minimum absolute atomic E-state index is 0.00569. The van der Waals surface area contributed by atoms with Crippen molar-refractivity contribution in [2.75, 3.05) is 12.1 Å². The minimum Gasteiger partial charge on any atom is -0.454 e. The summed E-state index contributed by atoms with van der Waals surface area (Å²) in [5, 5.41) is 12.0. The van der Waals surface area contributed by atoms with Crippen LogP contribution in [0.5, 0.6) is 11.5 Å². The van der Waals surface area contributed by atoms with Crippen LogP contribution in [0.2, 0.25) is 0 Å². The molecule has 1 heterocycles. The highest BCUT2D eigenvalue weighted by molar-refractivity contribution is 6.14. The Bertz CT molecular complexity index is 908. The third-order valence-electron chi connectivity index (χ3n) is 3.54. The summed E-state index contributed by atoms with van der Waals surface area (Å²) in [4.78, 5) is 23.6. The summed E-state index contributed by atoms with van der Waals surface area (Å²) in [6.45, 7) is 1.54. The zero-order valence-electron chi connectivity index (χ0n) is 13.4. The van der Waals surface area contributed by atoms with Gasteiger partial charge in [0.25, 0.3) is 0 Å². The van der Waals surface area contributed by atoms with E-state index in [0.29, 0.717) is 28.3 Å². The normalized spacial score (nSPS) is 12.4. The Labute approximate surface area is 144 Å². The SMILES string of the molecule is CC(=O)Nc1ccc(/C=C(\C#N)C(=O)c2ccc3c(c2)OCO3)cc1. The fraction of sp³-hybridized carbons (Fsp3) is 0.105. The van der Waals surface area contributed by atoms with Gasteiger partial charge in [-0.15, -0.1) is 0 Å². The van der Waals surface area contributed by atoms with Gasteiger partial charge in [0.05, 0.1) is 0 Å². The molecule has 6 nitrogen and oxygen atoms in total. The lowest BCUT2D eigenvalue weighted by Crippen LogP contribution is -2.05. The van der Waals surface area contributed by atoms with Crippen LogP contribution in [-0.2, 0) is 4.79 Å². The molecule has 1 aliphatic rings. The smallest absolute Gasteiger partial charge is 0.231 e. The number of nitrogens with zero attached hydrogens (tertiary/aromatic N) is 1. The van der Waals surface area contributed by atoms with Crippen LogP contribution in [0.15, 0.2) is 48.0 Å². The molecular weight excluding hydrogens is 320 g/mol. The van der Waals surface area contributed by atoms with Gasteiger partial charge in [0, 0.05) is 18.2 Å². The number of ketones is 1. The van der Waals surface area contributed by atoms with E-state index in [9.17, 15) is 14.9 Å². The van der Waals surface area contributed by atoms with Crippen molar-refractivity contribution in [3.63, 3.8) is 0 Å². The number of fused-ring (bicyclic) bond motifs is 1. The van der Waals surface area contributed by atoms with Gasteiger partial charge in [-0.1, -0.05) is 12.1 Å². The predicted octanol–water partition coefficient (Wildman–Crippen LogP) is 3.16. The van der Waals surface area contributed by atoms with Crippen LogP contribution in [0.3, 0.4) is 0 Å². The Kier molecular flexibility index (Phi) is 4.48. The van der Waals surface area contributed by atoms with Gasteiger partial charge in [0.1, 0.15) is 11.6 Å². The monoisotopic (exact) mass is 334 g/mol. The van der Waals surface area contributed by atoms with Gasteiger partial charge in [-0.05, 0) is 42.0 Å². The van der Waals surface area contributed by atoms with Gasteiger partial charge in [0.15, 0.2) is 11.5 Å². The zero-order valence-corrected chi connectivity index (χ0v) is 13.4. The first kappa shape index (κ1) is 16.3. The summed E-state index contributed by atoms with van der Waals surface area (Å²) in [5.74, 6) is 0.501. The molecule has 2 aromatic carbocycles. The fourth-order valence-corrected chi connectivity index (χ4v) is 2.37. The van der Waals surface area contributed by atoms with E-state index in [1.807, 2.05) is 6.07 Å². The number of nitriles is 1. The molecule has 0 spiro atoms. The number of anilines is 1. The van der Waals surface area contributed by atoms with Crippen LogP contribution in [0.4, 0.5) is 5.69 Å². The molecule has 1 N–H and O–H groups in total. The van der Waals surface area contributed by atoms with E-state index in [-0.39, 0.29) is 18.3 Å². The Morgan fingerprint density at radius 3 is 2.52 bits per heavy atom. The molecule has 25 heavy (non-hydrogen) atoms. The van der Waals surface area contributed by atoms with Crippen molar-refractivity contribution in [3.8, 4) is 17.6 Å². The molecule has 0 saturated heterocycles. The average molecular weight is 334 g/mol. The van der Waals surface area contributed by atoms with E-state index in [4.69, 9.17) is 9.47 Å². The van der Waals surface area contributed by atoms with Crippen LogP contribution >= 0.6 is 0 Å². The number of carbonyl (C=O) groups is 2. The van der Waals surface area contributed by atoms with E-state index in [1.165, 1.54) is 13.0 Å². The summed E-state index contributed by atoms with van der Waals surface area (Å²) in [5.41, 5.74) is 1.68. The van der Waals surface area contributed by atoms with E-state index in [2.05, 4.69) is 5.32 Å². The summed E-state index contributed by atoms with van der Waals surface area (Å²) in [6, 6.07) is 13.6. The predicted molar refractivity (Wildman–Crippen MR) is 91.2 cm³/mol. The number of rotatable bonds is 4. The molecular formula is C19H14N2O4. The van der Waals surface area contributed by atoms with Crippen molar-refractivity contribution in [3.05, 3.63) is 59.2 Å². The molecule has 124 valence electrons. The number of benzene rings is 2. The maximum absolute atomic E-state index is 12.5. The molecule has 2 aromatic rings. The van der Waals surface area contributed by atoms with Crippen LogP contribution in [0, 0.1) is 11.3 Å². The fourth-order valence-electron chi connectivity index (χ4n) is 2.37. The highest BCUT2D eigenvalue weighted by Crippen LogP contribution is 2.33. The number of hydrogen-bond donors (Lipinski definition) is 1. The van der Waals surface area contributed by atoms with Gasteiger partial charge in [-0.3, -0.25) is 9.59 Å². The van der Waals surface area contributed by atoms with Crippen LogP contribution in [-0.4, -0.2) is 18.5 Å². The van der Waals surface area contributed by atoms with Crippen LogP contribution < -0.4 is 14.8 Å². The van der Waals surface area contributed by atoms with E-state index < -0.39 is 5.78 Å². The molecule has 0 atom stereocenters. The van der Waals surface area contributed by atoms with Crippen molar-refractivity contribution in [2.24, 2.45) is 0 Å². The highest BCUT2D eigenvalue weighted by Gasteiger charge is 2.18. The molecule has 3 rings (SSSR count). The molecule has 0 saturated carbocycles. The van der Waals surface area contributed by atoms with Crippen molar-refractivity contribution in [1.82, 2.24) is 0 Å². The first-order chi connectivity index (χ1) is 12.1. The second kappa shape index (κ2) is 6.89. The lowest BCUT2D eigenvalue weighted by atomic mass is 10.0. The van der Waals surface area contributed by atoms with Gasteiger partial charge in [0.2, 0.25) is 18.5 Å². The van der Waals surface area contributed by atoms with Gasteiger partial charge >= 0.3 is 0 Å². The molecule has 0 aliphatic carbocycles. The topological polar surface area (TPSA) is 88.4 Å². The average Bonchev–Trinajstić information content (AvgIpc) is 3.07. The molecule has 1 aliphatic heterocycles. The second-order valence-corrected chi connectivity index (χ2v) is 5.37. The Hall–Kier alpha value is -3.59.